The molecule has 0 atom stereocenters. The highest BCUT2D eigenvalue weighted by Gasteiger charge is 2.23. The third-order valence-electron chi connectivity index (χ3n) is 4.62. The van der Waals surface area contributed by atoms with Crippen molar-refractivity contribution in [2.24, 2.45) is 0 Å². The molecular weight excluding hydrogens is 378 g/mol. The Bertz CT molecular complexity index is 1070. The predicted octanol–water partition coefficient (Wildman–Crippen LogP) is 2.95. The molecule has 0 spiro atoms. The molecule has 2 aromatic heterocycles. The van der Waals surface area contributed by atoms with Gasteiger partial charge in [-0.3, -0.25) is 4.79 Å². The molecule has 0 bridgehead atoms. The third kappa shape index (κ3) is 3.82. The molecule has 0 radical (unpaired) electrons. The molecule has 1 aliphatic rings. The lowest BCUT2D eigenvalue weighted by Crippen LogP contribution is -2.27. The number of carbonyl (C=O) groups excluding carboxylic acids is 1. The minimum absolute atomic E-state index is 0.0953. The lowest BCUT2D eigenvalue weighted by atomic mass is 10.2. The molecule has 28 heavy (non-hydrogen) atoms. The number of hydrogen-bond acceptors (Lipinski definition) is 6. The van der Waals surface area contributed by atoms with Crippen molar-refractivity contribution in [2.75, 3.05) is 13.1 Å². The first-order chi connectivity index (χ1) is 13.5. The van der Waals surface area contributed by atoms with Crippen LogP contribution < -0.4 is 0 Å². The van der Waals surface area contributed by atoms with Crippen molar-refractivity contribution < 1.29 is 17.6 Å². The third-order valence-corrected chi connectivity index (χ3v) is 6.13. The molecule has 0 unspecified atom stereocenters. The van der Waals surface area contributed by atoms with Crippen LogP contribution in [-0.4, -0.2) is 42.3 Å². The van der Waals surface area contributed by atoms with Crippen molar-refractivity contribution in [3.8, 4) is 11.3 Å². The topological polar surface area (TPSA) is 93.4 Å². The summed E-state index contributed by atoms with van der Waals surface area (Å²) in [4.78, 5) is 22.2. The normalized spacial score (nSPS) is 14.4. The first-order valence-corrected chi connectivity index (χ1v) is 10.7. The Morgan fingerprint density at radius 2 is 1.75 bits per heavy atom. The van der Waals surface area contributed by atoms with Gasteiger partial charge in [-0.1, -0.05) is 30.3 Å². The number of oxazole rings is 1. The average Bonchev–Trinajstić information content (AvgIpc) is 3.40. The molecule has 4 rings (SSSR count). The lowest BCUT2D eigenvalue weighted by Gasteiger charge is -2.14. The van der Waals surface area contributed by atoms with E-state index in [9.17, 15) is 13.2 Å². The molecule has 7 nitrogen and oxygen atoms in total. The maximum Gasteiger partial charge on any atom is 0.255 e. The van der Waals surface area contributed by atoms with E-state index in [1.165, 1.54) is 24.5 Å². The average molecular weight is 397 g/mol. The molecule has 1 fully saturated rings. The van der Waals surface area contributed by atoms with Gasteiger partial charge in [0.1, 0.15) is 5.75 Å². The second-order valence-electron chi connectivity index (χ2n) is 6.63. The smallest absolute Gasteiger partial charge is 0.255 e. The molecule has 0 saturated carbocycles. The summed E-state index contributed by atoms with van der Waals surface area (Å²) in [5.74, 6) is 0.0871. The summed E-state index contributed by atoms with van der Waals surface area (Å²) < 4.78 is 30.8. The number of benzene rings is 1. The van der Waals surface area contributed by atoms with Gasteiger partial charge in [0.15, 0.2) is 10.8 Å². The summed E-state index contributed by atoms with van der Waals surface area (Å²) in [5.41, 5.74) is 1.21. The van der Waals surface area contributed by atoms with E-state index >= 15 is 0 Å². The zero-order chi connectivity index (χ0) is 19.6. The van der Waals surface area contributed by atoms with Crippen LogP contribution in [0.15, 0.2) is 64.3 Å². The van der Waals surface area contributed by atoms with Crippen LogP contribution in [0.3, 0.4) is 0 Å². The summed E-state index contributed by atoms with van der Waals surface area (Å²) in [6.45, 7) is 1.46. The fraction of sp³-hybridized carbons (Fsp3) is 0.250. The van der Waals surface area contributed by atoms with Gasteiger partial charge in [-0.05, 0) is 25.0 Å². The number of aromatic nitrogens is 2. The van der Waals surface area contributed by atoms with E-state index < -0.39 is 15.6 Å². The van der Waals surface area contributed by atoms with Gasteiger partial charge in [-0.15, -0.1) is 0 Å². The van der Waals surface area contributed by atoms with Gasteiger partial charge in [-0.25, -0.2) is 18.4 Å². The molecule has 0 aliphatic carbocycles. The SMILES string of the molecule is O=C(c1ccc(S(=O)(=O)Cc2ncc(-c3ccccc3)o2)nc1)N1CCCC1. The summed E-state index contributed by atoms with van der Waals surface area (Å²) >= 11 is 0. The Morgan fingerprint density at radius 1 is 1.00 bits per heavy atom. The molecule has 1 aliphatic heterocycles. The number of hydrogen-bond donors (Lipinski definition) is 0. The van der Waals surface area contributed by atoms with Crippen LogP contribution in [0.1, 0.15) is 29.1 Å². The maximum absolute atomic E-state index is 12.6. The van der Waals surface area contributed by atoms with E-state index in [0.717, 1.165) is 31.5 Å². The van der Waals surface area contributed by atoms with Crippen LogP contribution in [0.25, 0.3) is 11.3 Å². The van der Waals surface area contributed by atoms with E-state index in [1.54, 1.807) is 4.90 Å². The van der Waals surface area contributed by atoms with Crippen LogP contribution in [0.5, 0.6) is 0 Å². The number of amides is 1. The second kappa shape index (κ2) is 7.55. The fourth-order valence-electron chi connectivity index (χ4n) is 3.14. The largest absolute Gasteiger partial charge is 0.440 e. The Morgan fingerprint density at radius 3 is 2.43 bits per heavy atom. The van der Waals surface area contributed by atoms with Crippen LogP contribution in [0.4, 0.5) is 0 Å². The van der Waals surface area contributed by atoms with Gasteiger partial charge >= 0.3 is 0 Å². The van der Waals surface area contributed by atoms with Crippen LogP contribution in [-0.2, 0) is 15.6 Å². The van der Waals surface area contributed by atoms with Crippen LogP contribution in [0, 0.1) is 0 Å². The number of sulfone groups is 1. The molecular formula is C20H19N3O4S. The summed E-state index contributed by atoms with van der Waals surface area (Å²) in [5, 5.41) is -0.107. The maximum atomic E-state index is 12.6. The van der Waals surface area contributed by atoms with Crippen LogP contribution >= 0.6 is 0 Å². The number of rotatable bonds is 5. The van der Waals surface area contributed by atoms with Gasteiger partial charge in [0.2, 0.25) is 15.7 Å². The monoisotopic (exact) mass is 397 g/mol. The van der Waals surface area contributed by atoms with Gasteiger partial charge in [0.05, 0.1) is 11.8 Å². The van der Waals surface area contributed by atoms with Crippen molar-refractivity contribution >= 4 is 15.7 Å². The number of nitrogens with zero attached hydrogens (tertiary/aromatic N) is 3. The van der Waals surface area contributed by atoms with Gasteiger partial charge in [0, 0.05) is 24.8 Å². The lowest BCUT2D eigenvalue weighted by molar-refractivity contribution is 0.0792. The Hall–Kier alpha value is -3.00. The van der Waals surface area contributed by atoms with Crippen molar-refractivity contribution in [2.45, 2.75) is 23.6 Å². The molecule has 1 aromatic carbocycles. The molecule has 144 valence electrons. The minimum atomic E-state index is -3.74. The molecule has 3 heterocycles. The molecule has 0 N–H and O–H groups in total. The van der Waals surface area contributed by atoms with E-state index in [0.29, 0.717) is 11.3 Å². The fourth-order valence-corrected chi connectivity index (χ4v) is 4.24. The highest BCUT2D eigenvalue weighted by molar-refractivity contribution is 7.90. The van der Waals surface area contributed by atoms with Gasteiger partial charge in [0.25, 0.3) is 5.91 Å². The van der Waals surface area contributed by atoms with E-state index in [-0.39, 0.29) is 16.8 Å². The van der Waals surface area contributed by atoms with E-state index in [1.807, 2.05) is 30.3 Å². The highest BCUT2D eigenvalue weighted by Crippen LogP contribution is 2.22. The Balaban J connectivity index is 1.49. The molecule has 1 amide bonds. The zero-order valence-electron chi connectivity index (χ0n) is 15.1. The van der Waals surface area contributed by atoms with Gasteiger partial charge in [-0.2, -0.15) is 0 Å². The van der Waals surface area contributed by atoms with E-state index in [2.05, 4.69) is 9.97 Å². The molecule has 8 heteroatoms. The highest BCUT2D eigenvalue weighted by atomic mass is 32.2. The Labute approximate surface area is 163 Å². The number of carbonyl (C=O) groups is 1. The van der Waals surface area contributed by atoms with Crippen molar-refractivity contribution in [3.05, 3.63) is 66.3 Å². The summed E-state index contributed by atoms with van der Waals surface area (Å²) in [7, 11) is -3.74. The van der Waals surface area contributed by atoms with E-state index in [4.69, 9.17) is 4.42 Å². The molecule has 1 saturated heterocycles. The number of pyridine rings is 1. The predicted molar refractivity (Wildman–Crippen MR) is 102 cm³/mol. The summed E-state index contributed by atoms with van der Waals surface area (Å²) in [6.07, 6.45) is 4.81. The van der Waals surface area contributed by atoms with Crippen LogP contribution in [0.2, 0.25) is 0 Å². The van der Waals surface area contributed by atoms with Gasteiger partial charge < -0.3 is 9.32 Å². The van der Waals surface area contributed by atoms with Crippen molar-refractivity contribution in [1.29, 1.82) is 0 Å². The zero-order valence-corrected chi connectivity index (χ0v) is 15.9. The van der Waals surface area contributed by atoms with Crippen molar-refractivity contribution in [3.63, 3.8) is 0 Å². The quantitative estimate of drug-likeness (QED) is 0.657. The molecule has 3 aromatic rings. The first kappa shape index (κ1) is 18.4. The summed E-state index contributed by atoms with van der Waals surface area (Å²) in [6, 6.07) is 12.2. The second-order valence-corrected chi connectivity index (χ2v) is 8.56. The first-order valence-electron chi connectivity index (χ1n) is 9.01. The van der Waals surface area contributed by atoms with Crippen molar-refractivity contribution in [1.82, 2.24) is 14.9 Å². The number of likely N-dealkylation sites (tertiary alicyclic amines) is 1. The minimum Gasteiger partial charge on any atom is -0.440 e. The standard InChI is InChI=1S/C20H19N3O4S/c24-20(23-10-4-5-11-23)16-8-9-19(22-12-16)28(25,26)14-18-21-13-17(27-18)15-6-2-1-3-7-15/h1-3,6-9,12-13H,4-5,10-11,14H2. The Kier molecular flexibility index (Phi) is 4.95.